The molecule has 0 aliphatic carbocycles. The molecule has 0 aromatic rings. The van der Waals surface area contributed by atoms with E-state index in [4.69, 9.17) is 4.74 Å². The molecule has 2 bridgehead atoms. The van der Waals surface area contributed by atoms with Crippen LogP contribution in [0.15, 0.2) is 12.2 Å². The highest BCUT2D eigenvalue weighted by Crippen LogP contribution is 2.43. The van der Waals surface area contributed by atoms with Gasteiger partial charge in [-0.1, -0.05) is 12.2 Å². The summed E-state index contributed by atoms with van der Waals surface area (Å²) in [5, 5.41) is 0. The van der Waals surface area contributed by atoms with Crippen molar-refractivity contribution in [3.8, 4) is 0 Å². The van der Waals surface area contributed by atoms with Crippen molar-refractivity contribution in [3.63, 3.8) is 0 Å². The van der Waals surface area contributed by atoms with Gasteiger partial charge in [0.25, 0.3) is 0 Å². The lowest BCUT2D eigenvalue weighted by Gasteiger charge is -2.08. The molecule has 3 rings (SSSR count). The van der Waals surface area contributed by atoms with Crippen LogP contribution in [0.2, 0.25) is 0 Å². The van der Waals surface area contributed by atoms with E-state index in [-0.39, 0.29) is 24.0 Å². The van der Waals surface area contributed by atoms with Crippen molar-refractivity contribution in [1.29, 1.82) is 0 Å². The largest absolute Gasteiger partial charge is 0.393 e. The van der Waals surface area contributed by atoms with Crippen molar-refractivity contribution >= 4 is 11.9 Å². The van der Waals surface area contributed by atoms with Gasteiger partial charge in [0.1, 0.15) is 11.8 Å². The normalized spacial score (nSPS) is 48.3. The molecule has 3 aliphatic rings. The molecule has 2 saturated heterocycles. The van der Waals surface area contributed by atoms with Crippen molar-refractivity contribution in [2.45, 2.75) is 12.2 Å². The van der Waals surface area contributed by atoms with Gasteiger partial charge in [0.15, 0.2) is 0 Å². The summed E-state index contributed by atoms with van der Waals surface area (Å²) >= 11 is 0. The molecule has 62 valence electrons. The molecule has 0 radical (unpaired) electrons. The fraction of sp³-hybridized carbons (Fsp3) is 0.500. The standard InChI is InChI=1S/C8H6O4/c9-7-5-3-1-2-4(11-3)6(5)8(10)12-7/h1-6H/t3-,4?,5-,6+/m0/s1. The molecule has 1 unspecified atom stereocenters. The van der Waals surface area contributed by atoms with Crippen molar-refractivity contribution in [1.82, 2.24) is 0 Å². The highest BCUT2D eigenvalue weighted by atomic mass is 16.6. The summed E-state index contributed by atoms with van der Waals surface area (Å²) in [6, 6.07) is 0. The number of esters is 2. The quantitative estimate of drug-likeness (QED) is 0.280. The van der Waals surface area contributed by atoms with Gasteiger partial charge in [-0.15, -0.1) is 0 Å². The van der Waals surface area contributed by atoms with Crippen LogP contribution in [0.3, 0.4) is 0 Å². The summed E-state index contributed by atoms with van der Waals surface area (Å²) in [4.78, 5) is 22.2. The Hall–Kier alpha value is -1.16. The first-order valence-corrected chi connectivity index (χ1v) is 3.87. The Bertz CT molecular complexity index is 278. The second kappa shape index (κ2) is 1.77. The van der Waals surface area contributed by atoms with Crippen LogP contribution in [0.1, 0.15) is 0 Å². The molecule has 4 heteroatoms. The van der Waals surface area contributed by atoms with Gasteiger partial charge in [-0.2, -0.15) is 0 Å². The summed E-state index contributed by atoms with van der Waals surface area (Å²) in [6.45, 7) is 0. The van der Waals surface area contributed by atoms with Crippen molar-refractivity contribution in [2.24, 2.45) is 11.8 Å². The van der Waals surface area contributed by atoms with Crippen molar-refractivity contribution in [3.05, 3.63) is 12.2 Å². The molecular formula is C8H6O4. The third-order valence-corrected chi connectivity index (χ3v) is 2.65. The Kier molecular flexibility index (Phi) is 0.939. The molecule has 0 N–H and O–H groups in total. The maximum absolute atomic E-state index is 11.1. The van der Waals surface area contributed by atoms with E-state index in [2.05, 4.69) is 4.74 Å². The minimum absolute atomic E-state index is 0.223. The molecule has 3 heterocycles. The maximum atomic E-state index is 11.1. The first-order chi connectivity index (χ1) is 5.77. The third kappa shape index (κ3) is 0.536. The number of cyclic esters (lactones) is 2. The molecule has 0 aromatic carbocycles. The van der Waals surface area contributed by atoms with Gasteiger partial charge < -0.3 is 9.47 Å². The number of carbonyl (C=O) groups excluding carboxylic acids is 2. The number of carbonyl (C=O) groups is 2. The van der Waals surface area contributed by atoms with E-state index in [1.807, 2.05) is 12.2 Å². The van der Waals surface area contributed by atoms with Gasteiger partial charge in [-0.25, -0.2) is 0 Å². The van der Waals surface area contributed by atoms with Gasteiger partial charge in [0.05, 0.1) is 12.2 Å². The number of hydrogen-bond donors (Lipinski definition) is 0. The lowest BCUT2D eigenvalue weighted by atomic mass is 9.85. The fourth-order valence-electron chi connectivity index (χ4n) is 2.11. The Morgan fingerprint density at radius 3 is 2.00 bits per heavy atom. The number of ether oxygens (including phenoxy) is 2. The van der Waals surface area contributed by atoms with E-state index in [1.54, 1.807) is 0 Å². The Morgan fingerprint density at radius 1 is 1.00 bits per heavy atom. The van der Waals surface area contributed by atoms with Crippen LogP contribution in [-0.2, 0) is 19.1 Å². The van der Waals surface area contributed by atoms with Crippen LogP contribution in [0.5, 0.6) is 0 Å². The average Bonchev–Trinajstić information content (AvgIpc) is 2.64. The highest BCUT2D eigenvalue weighted by molar-refractivity contribution is 5.98. The van der Waals surface area contributed by atoms with E-state index in [1.165, 1.54) is 0 Å². The second-order valence-electron chi connectivity index (χ2n) is 3.24. The van der Waals surface area contributed by atoms with E-state index in [0.29, 0.717) is 0 Å². The summed E-state index contributed by atoms with van der Waals surface area (Å²) < 4.78 is 9.86. The molecule has 0 amide bonds. The minimum Gasteiger partial charge on any atom is -0.393 e. The summed E-state index contributed by atoms with van der Waals surface area (Å²) in [5.41, 5.74) is 0. The van der Waals surface area contributed by atoms with Crippen molar-refractivity contribution in [2.75, 3.05) is 0 Å². The van der Waals surface area contributed by atoms with Crippen LogP contribution in [0.25, 0.3) is 0 Å². The van der Waals surface area contributed by atoms with Gasteiger partial charge >= 0.3 is 11.9 Å². The van der Waals surface area contributed by atoms with Crippen LogP contribution >= 0.6 is 0 Å². The molecule has 0 saturated carbocycles. The van der Waals surface area contributed by atoms with Gasteiger partial charge in [0, 0.05) is 0 Å². The zero-order valence-electron chi connectivity index (χ0n) is 6.10. The van der Waals surface area contributed by atoms with Gasteiger partial charge in [0.2, 0.25) is 0 Å². The van der Waals surface area contributed by atoms with Gasteiger partial charge in [-0.3, -0.25) is 9.59 Å². The first-order valence-electron chi connectivity index (χ1n) is 3.87. The predicted molar refractivity (Wildman–Crippen MR) is 35.9 cm³/mol. The molecule has 0 aromatic heterocycles. The number of hydrogen-bond acceptors (Lipinski definition) is 4. The maximum Gasteiger partial charge on any atom is 0.320 e. The Balaban J connectivity index is 2.08. The van der Waals surface area contributed by atoms with E-state index >= 15 is 0 Å². The SMILES string of the molecule is O=C1OC(=O)[C@@H]2C3C=C[C@H](O3)[C@H]12. The average molecular weight is 166 g/mol. The highest BCUT2D eigenvalue weighted by Gasteiger charge is 2.59. The lowest BCUT2D eigenvalue weighted by molar-refractivity contribution is -0.156. The van der Waals surface area contributed by atoms with Crippen LogP contribution < -0.4 is 0 Å². The first kappa shape index (κ1) is 6.37. The van der Waals surface area contributed by atoms with Gasteiger partial charge in [-0.05, 0) is 0 Å². The smallest absolute Gasteiger partial charge is 0.320 e. The zero-order valence-corrected chi connectivity index (χ0v) is 6.10. The van der Waals surface area contributed by atoms with Crippen LogP contribution in [-0.4, -0.2) is 24.1 Å². The van der Waals surface area contributed by atoms with Crippen LogP contribution in [0, 0.1) is 11.8 Å². The Morgan fingerprint density at radius 2 is 1.50 bits per heavy atom. The van der Waals surface area contributed by atoms with Crippen LogP contribution in [0.4, 0.5) is 0 Å². The molecule has 3 aliphatic heterocycles. The molecule has 2 fully saturated rings. The van der Waals surface area contributed by atoms with E-state index < -0.39 is 11.9 Å². The third-order valence-electron chi connectivity index (χ3n) is 2.65. The lowest BCUT2D eigenvalue weighted by Crippen LogP contribution is -2.26. The monoisotopic (exact) mass is 166 g/mol. The topological polar surface area (TPSA) is 52.6 Å². The minimum atomic E-state index is -0.429. The number of fused-ring (bicyclic) bond motifs is 5. The molecule has 4 nitrogen and oxygen atoms in total. The Labute approximate surface area is 68.1 Å². The summed E-state index contributed by atoms with van der Waals surface area (Å²) in [5.74, 6) is -1.59. The summed E-state index contributed by atoms with van der Waals surface area (Å²) in [6.07, 6.45) is 3.20. The summed E-state index contributed by atoms with van der Waals surface area (Å²) in [7, 11) is 0. The molecule has 12 heavy (non-hydrogen) atoms. The molecule has 4 atom stereocenters. The van der Waals surface area contributed by atoms with E-state index in [0.717, 1.165) is 0 Å². The second-order valence-corrected chi connectivity index (χ2v) is 3.24. The van der Waals surface area contributed by atoms with Crippen molar-refractivity contribution < 1.29 is 19.1 Å². The number of rotatable bonds is 0. The molecular weight excluding hydrogens is 160 g/mol. The zero-order chi connectivity index (χ0) is 8.29. The predicted octanol–water partition coefficient (Wildman–Crippen LogP) is -0.361. The molecule has 0 spiro atoms. The van der Waals surface area contributed by atoms with E-state index in [9.17, 15) is 9.59 Å². The fourth-order valence-corrected chi connectivity index (χ4v) is 2.11.